The summed E-state index contributed by atoms with van der Waals surface area (Å²) in [7, 11) is 2.28. The Kier molecular flexibility index (Phi) is 9.40. The molecule has 0 radical (unpaired) electrons. The Morgan fingerprint density at radius 2 is 1.96 bits per heavy atom. The summed E-state index contributed by atoms with van der Waals surface area (Å²) in [6.07, 6.45) is 3.66. The van der Waals surface area contributed by atoms with Gasteiger partial charge in [-0.25, -0.2) is 0 Å². The summed E-state index contributed by atoms with van der Waals surface area (Å²) in [6.45, 7) is 6.42. The zero-order valence-corrected chi connectivity index (χ0v) is 18.0. The molecule has 6 heteroatoms. The van der Waals surface area contributed by atoms with Gasteiger partial charge in [0.2, 0.25) is 0 Å². The molecule has 0 aliphatic rings. The number of thiophene rings is 1. The average molecular weight is 411 g/mol. The molecule has 0 aliphatic heterocycles. The van der Waals surface area contributed by atoms with Crippen LogP contribution in [0.25, 0.3) is 0 Å². The minimum atomic E-state index is 0.690. The van der Waals surface area contributed by atoms with E-state index in [1.54, 1.807) is 16.2 Å². The SMILES string of the molecule is CCCC[NH+](C)CCCN(Cc1cccs1)C(=S)Nc1ccccc1Cl. The Morgan fingerprint density at radius 3 is 2.65 bits per heavy atom. The molecule has 1 heterocycles. The van der Waals surface area contributed by atoms with E-state index in [1.807, 2.05) is 24.3 Å². The molecule has 1 unspecified atom stereocenters. The monoisotopic (exact) mass is 410 g/mol. The Balaban J connectivity index is 1.94. The van der Waals surface area contributed by atoms with Crippen molar-refractivity contribution in [2.45, 2.75) is 32.7 Å². The second-order valence-electron chi connectivity index (χ2n) is 6.58. The minimum Gasteiger partial charge on any atom is -0.344 e. The van der Waals surface area contributed by atoms with E-state index in [4.69, 9.17) is 23.8 Å². The number of unbranched alkanes of at least 4 members (excludes halogenated alkanes) is 1. The minimum absolute atomic E-state index is 0.690. The van der Waals surface area contributed by atoms with Gasteiger partial charge in [-0.15, -0.1) is 11.3 Å². The number of hydrogen-bond donors (Lipinski definition) is 2. The van der Waals surface area contributed by atoms with Crippen LogP contribution >= 0.6 is 35.2 Å². The van der Waals surface area contributed by atoms with Crippen LogP contribution in [0.15, 0.2) is 41.8 Å². The first-order chi connectivity index (χ1) is 12.6. The molecule has 0 amide bonds. The lowest BCUT2D eigenvalue weighted by molar-refractivity contribution is -0.880. The van der Waals surface area contributed by atoms with Gasteiger partial charge in [0.05, 0.1) is 37.4 Å². The molecular formula is C20H29ClN3S2+. The third-order valence-corrected chi connectivity index (χ3v) is 5.87. The van der Waals surface area contributed by atoms with Crippen molar-refractivity contribution in [1.29, 1.82) is 0 Å². The number of thiocarbonyl (C=S) groups is 1. The van der Waals surface area contributed by atoms with E-state index in [2.05, 4.69) is 41.7 Å². The van der Waals surface area contributed by atoms with Gasteiger partial charge in [0.1, 0.15) is 0 Å². The van der Waals surface area contributed by atoms with Gasteiger partial charge in [-0.2, -0.15) is 0 Å². The summed E-state index contributed by atoms with van der Waals surface area (Å²) in [5.74, 6) is 0. The standard InChI is InChI=1S/C20H28ClN3S2/c1-3-4-12-23(2)13-8-14-24(16-17-9-7-15-26-17)20(25)22-19-11-6-5-10-18(19)21/h5-7,9-11,15H,3-4,8,12-14,16H2,1-2H3,(H,22,25)/p+1. The third kappa shape index (κ3) is 7.23. The van der Waals surface area contributed by atoms with Crippen LogP contribution in [0.3, 0.4) is 0 Å². The number of benzene rings is 1. The summed E-state index contributed by atoms with van der Waals surface area (Å²) in [4.78, 5) is 5.16. The summed E-state index contributed by atoms with van der Waals surface area (Å²) < 4.78 is 0. The number of hydrogen-bond acceptors (Lipinski definition) is 2. The maximum Gasteiger partial charge on any atom is 0.173 e. The predicted octanol–water partition coefficient (Wildman–Crippen LogP) is 4.31. The second kappa shape index (κ2) is 11.5. The van der Waals surface area contributed by atoms with Crippen molar-refractivity contribution in [3.8, 4) is 0 Å². The molecular weight excluding hydrogens is 382 g/mol. The number of anilines is 1. The van der Waals surface area contributed by atoms with Gasteiger partial charge in [-0.3, -0.25) is 0 Å². The first-order valence-corrected chi connectivity index (χ1v) is 10.9. The summed E-state index contributed by atoms with van der Waals surface area (Å²) >= 11 is 13.7. The fourth-order valence-electron chi connectivity index (χ4n) is 2.78. The molecule has 0 aliphatic carbocycles. The van der Waals surface area contributed by atoms with Crippen LogP contribution in [-0.4, -0.2) is 36.7 Å². The van der Waals surface area contributed by atoms with Crippen LogP contribution in [0.2, 0.25) is 5.02 Å². The molecule has 0 saturated heterocycles. The highest BCUT2D eigenvalue weighted by Crippen LogP contribution is 2.21. The van der Waals surface area contributed by atoms with E-state index in [9.17, 15) is 0 Å². The van der Waals surface area contributed by atoms with E-state index in [0.717, 1.165) is 36.9 Å². The molecule has 1 atom stereocenters. The number of halogens is 1. The van der Waals surface area contributed by atoms with Crippen LogP contribution < -0.4 is 10.2 Å². The van der Waals surface area contributed by atoms with Crippen molar-refractivity contribution in [3.63, 3.8) is 0 Å². The maximum absolute atomic E-state index is 6.27. The Labute approximate surface area is 172 Å². The molecule has 2 rings (SSSR count). The molecule has 2 aromatic rings. The number of para-hydroxylation sites is 1. The van der Waals surface area contributed by atoms with Crippen LogP contribution in [0, 0.1) is 0 Å². The van der Waals surface area contributed by atoms with E-state index in [1.165, 1.54) is 24.3 Å². The van der Waals surface area contributed by atoms with E-state index < -0.39 is 0 Å². The summed E-state index contributed by atoms with van der Waals surface area (Å²) in [6, 6.07) is 12.0. The predicted molar refractivity (Wildman–Crippen MR) is 119 cm³/mol. The van der Waals surface area contributed by atoms with Crippen molar-refractivity contribution >= 4 is 46.0 Å². The van der Waals surface area contributed by atoms with Crippen molar-refractivity contribution < 1.29 is 4.90 Å². The van der Waals surface area contributed by atoms with E-state index in [0.29, 0.717) is 5.02 Å². The highest BCUT2D eigenvalue weighted by Gasteiger charge is 2.13. The highest BCUT2D eigenvalue weighted by molar-refractivity contribution is 7.80. The lowest BCUT2D eigenvalue weighted by atomic mass is 10.3. The van der Waals surface area contributed by atoms with Crippen molar-refractivity contribution in [2.75, 3.05) is 32.0 Å². The lowest BCUT2D eigenvalue weighted by Gasteiger charge is -2.26. The molecule has 1 aromatic heterocycles. The molecule has 0 fully saturated rings. The Bertz CT molecular complexity index is 661. The third-order valence-electron chi connectivity index (χ3n) is 4.32. The Hall–Kier alpha value is -1.14. The fraction of sp³-hybridized carbons (Fsp3) is 0.450. The van der Waals surface area contributed by atoms with Crippen LogP contribution in [-0.2, 0) is 6.54 Å². The largest absolute Gasteiger partial charge is 0.344 e. The Morgan fingerprint density at radius 1 is 1.19 bits per heavy atom. The van der Waals surface area contributed by atoms with Gasteiger partial charge in [0.25, 0.3) is 0 Å². The maximum atomic E-state index is 6.27. The molecule has 0 bridgehead atoms. The molecule has 0 spiro atoms. The van der Waals surface area contributed by atoms with Gasteiger partial charge in [-0.1, -0.05) is 43.1 Å². The molecule has 26 heavy (non-hydrogen) atoms. The highest BCUT2D eigenvalue weighted by atomic mass is 35.5. The number of rotatable bonds is 10. The smallest absolute Gasteiger partial charge is 0.173 e. The molecule has 2 N–H and O–H groups in total. The number of quaternary nitrogens is 1. The fourth-order valence-corrected chi connectivity index (χ4v) is 3.94. The zero-order chi connectivity index (χ0) is 18.8. The first kappa shape index (κ1) is 21.2. The van der Waals surface area contributed by atoms with Crippen molar-refractivity contribution in [2.24, 2.45) is 0 Å². The van der Waals surface area contributed by atoms with Crippen LogP contribution in [0.4, 0.5) is 5.69 Å². The normalized spacial score (nSPS) is 12.0. The van der Waals surface area contributed by atoms with Gasteiger partial charge in [-0.05, 0) is 42.2 Å². The summed E-state index contributed by atoms with van der Waals surface area (Å²) in [5.41, 5.74) is 0.862. The number of nitrogens with one attached hydrogen (secondary N) is 2. The zero-order valence-electron chi connectivity index (χ0n) is 15.6. The van der Waals surface area contributed by atoms with Gasteiger partial charge in [0.15, 0.2) is 5.11 Å². The van der Waals surface area contributed by atoms with Crippen molar-refractivity contribution in [3.05, 3.63) is 51.7 Å². The van der Waals surface area contributed by atoms with Gasteiger partial charge < -0.3 is 15.1 Å². The molecule has 142 valence electrons. The first-order valence-electron chi connectivity index (χ1n) is 9.24. The molecule has 1 aromatic carbocycles. The van der Waals surface area contributed by atoms with E-state index >= 15 is 0 Å². The lowest BCUT2D eigenvalue weighted by Crippen LogP contribution is -3.09. The number of nitrogens with zero attached hydrogens (tertiary/aromatic N) is 1. The second-order valence-corrected chi connectivity index (χ2v) is 8.40. The van der Waals surface area contributed by atoms with Crippen LogP contribution in [0.5, 0.6) is 0 Å². The molecule has 0 saturated carbocycles. The van der Waals surface area contributed by atoms with Gasteiger partial charge in [0, 0.05) is 17.8 Å². The van der Waals surface area contributed by atoms with Gasteiger partial charge >= 0.3 is 0 Å². The van der Waals surface area contributed by atoms with E-state index in [-0.39, 0.29) is 0 Å². The summed E-state index contributed by atoms with van der Waals surface area (Å²) in [5, 5.41) is 6.85. The van der Waals surface area contributed by atoms with Crippen LogP contribution in [0.1, 0.15) is 31.1 Å². The molecule has 3 nitrogen and oxygen atoms in total. The topological polar surface area (TPSA) is 19.7 Å². The quantitative estimate of drug-likeness (QED) is 0.569. The van der Waals surface area contributed by atoms with Crippen molar-refractivity contribution in [1.82, 2.24) is 4.90 Å². The average Bonchev–Trinajstić information content (AvgIpc) is 3.14.